The summed E-state index contributed by atoms with van der Waals surface area (Å²) in [5, 5.41) is 11.7. The first-order valence-electron chi connectivity index (χ1n) is 13.4. The van der Waals surface area contributed by atoms with Gasteiger partial charge in [-0.05, 0) is 7.05 Å². The van der Waals surface area contributed by atoms with Crippen molar-refractivity contribution in [1.29, 1.82) is 0 Å². The van der Waals surface area contributed by atoms with Crippen LogP contribution in [-0.2, 0) is 9.47 Å². The van der Waals surface area contributed by atoms with Gasteiger partial charge >= 0.3 is 6.09 Å². The summed E-state index contributed by atoms with van der Waals surface area (Å²) in [4.78, 5) is 40.1. The molecule has 2 aliphatic rings. The molecule has 2 aliphatic heterocycles. The van der Waals surface area contributed by atoms with Crippen LogP contribution < -0.4 is 30.6 Å². The molecule has 220 valence electrons. The minimum Gasteiger partial charge on any atom is -0.494 e. The lowest BCUT2D eigenvalue weighted by atomic mass is 10.2. The quantitative estimate of drug-likeness (QED) is 0.252. The Morgan fingerprint density at radius 3 is 2.90 bits per heavy atom. The number of cyclic esters (lactones) is 1. The van der Waals surface area contributed by atoms with E-state index in [4.69, 9.17) is 24.0 Å². The molecule has 15 heteroatoms. The molecule has 6 rings (SSSR count). The van der Waals surface area contributed by atoms with Gasteiger partial charge in [-0.15, -0.1) is 5.10 Å². The Morgan fingerprint density at radius 2 is 2.10 bits per heavy atom. The van der Waals surface area contributed by atoms with E-state index in [1.165, 1.54) is 17.3 Å². The van der Waals surface area contributed by atoms with Crippen LogP contribution in [-0.4, -0.2) is 102 Å². The van der Waals surface area contributed by atoms with Gasteiger partial charge in [-0.3, -0.25) is 9.69 Å². The van der Waals surface area contributed by atoms with Gasteiger partial charge in [0.2, 0.25) is 0 Å². The Hall–Kier alpha value is -4.89. The van der Waals surface area contributed by atoms with Crippen LogP contribution in [0.2, 0.25) is 0 Å². The summed E-state index contributed by atoms with van der Waals surface area (Å²) in [7, 11) is 5.17. The van der Waals surface area contributed by atoms with Gasteiger partial charge in [-0.1, -0.05) is 0 Å². The molecule has 1 atom stereocenters. The average Bonchev–Trinajstić information content (AvgIpc) is 3.55. The third-order valence-electron chi connectivity index (χ3n) is 7.01. The second kappa shape index (κ2) is 11.5. The van der Waals surface area contributed by atoms with E-state index >= 15 is 0 Å². The van der Waals surface area contributed by atoms with Crippen LogP contribution in [0.15, 0.2) is 41.6 Å². The molecule has 15 nitrogen and oxygen atoms in total. The molecule has 3 aromatic heterocycles. The molecule has 3 N–H and O–H groups in total. The smallest absolute Gasteiger partial charge is 0.416 e. The maximum Gasteiger partial charge on any atom is 0.416 e. The number of fused-ring (bicyclic) bond motifs is 2. The van der Waals surface area contributed by atoms with Gasteiger partial charge < -0.3 is 39.5 Å². The fourth-order valence-corrected chi connectivity index (χ4v) is 4.97. The fraction of sp³-hybridized carbons (Fsp3) is 0.370. The Bertz CT molecular complexity index is 1670. The van der Waals surface area contributed by atoms with Crippen molar-refractivity contribution >= 4 is 40.1 Å². The van der Waals surface area contributed by atoms with E-state index in [1.807, 2.05) is 24.1 Å². The van der Waals surface area contributed by atoms with E-state index in [1.54, 1.807) is 31.2 Å². The third kappa shape index (κ3) is 5.26. The summed E-state index contributed by atoms with van der Waals surface area (Å²) in [6, 6.07) is 5.42. The summed E-state index contributed by atoms with van der Waals surface area (Å²) < 4.78 is 24.2. The molecule has 1 fully saturated rings. The van der Waals surface area contributed by atoms with Crippen molar-refractivity contribution in [3.05, 3.63) is 47.1 Å². The van der Waals surface area contributed by atoms with E-state index in [2.05, 4.69) is 25.6 Å². The van der Waals surface area contributed by atoms with Crippen LogP contribution in [0.5, 0.6) is 11.5 Å². The van der Waals surface area contributed by atoms with Crippen molar-refractivity contribution in [2.45, 2.75) is 6.10 Å². The Morgan fingerprint density at radius 1 is 1.21 bits per heavy atom. The number of H-pyrrole nitrogens is 1. The first-order valence-corrected chi connectivity index (χ1v) is 13.4. The maximum absolute atomic E-state index is 13.1. The Kier molecular flexibility index (Phi) is 7.50. The topological polar surface area (TPSA) is 161 Å². The number of amides is 1. The van der Waals surface area contributed by atoms with Crippen LogP contribution in [0, 0.1) is 0 Å². The summed E-state index contributed by atoms with van der Waals surface area (Å²) in [6.45, 7) is 3.31. The molecular weight excluding hydrogens is 546 g/mol. The molecule has 0 radical (unpaired) electrons. The highest BCUT2D eigenvalue weighted by molar-refractivity contribution is 6.01. The number of pyridine rings is 1. The number of rotatable bonds is 10. The van der Waals surface area contributed by atoms with Crippen LogP contribution in [0.4, 0.5) is 27.9 Å². The first-order chi connectivity index (χ1) is 20.4. The maximum atomic E-state index is 13.1. The number of methoxy groups -OCH3 is 2. The largest absolute Gasteiger partial charge is 0.494 e. The number of carbonyl (C=O) groups excluding carboxylic acids is 1. The van der Waals surface area contributed by atoms with Crippen LogP contribution >= 0.6 is 0 Å². The number of carbonyl (C=O) groups is 1. The number of hydrogen-bond donors (Lipinski definition) is 3. The van der Waals surface area contributed by atoms with E-state index in [0.717, 1.165) is 5.69 Å². The van der Waals surface area contributed by atoms with Crippen molar-refractivity contribution in [1.82, 2.24) is 29.6 Å². The zero-order valence-corrected chi connectivity index (χ0v) is 23.4. The summed E-state index contributed by atoms with van der Waals surface area (Å²) in [6.07, 6.45) is 3.66. The number of hydrogen-bond acceptors (Lipinski definition) is 12. The summed E-state index contributed by atoms with van der Waals surface area (Å²) in [5.41, 5.74) is 1.61. The highest BCUT2D eigenvalue weighted by Crippen LogP contribution is 2.40. The molecule has 5 heterocycles. The molecule has 1 amide bonds. The monoisotopic (exact) mass is 577 g/mol. The van der Waals surface area contributed by atoms with Crippen molar-refractivity contribution in [2.24, 2.45) is 0 Å². The number of ether oxygens (including phenoxy) is 4. The number of nitrogens with one attached hydrogen (secondary N) is 3. The van der Waals surface area contributed by atoms with E-state index in [9.17, 15) is 9.59 Å². The van der Waals surface area contributed by atoms with Gasteiger partial charge in [-0.25, -0.2) is 19.4 Å². The zero-order chi connectivity index (χ0) is 29.2. The SMILES string of the molecule is COCCN(C)C[C@H]1CN(c2nn(-c3cc4c(cc3OC)NCCO4)c3cc(Nc4ncc[nH]c4=O)ncc23)C(=O)O1. The molecule has 1 aromatic carbocycles. The van der Waals surface area contributed by atoms with Crippen molar-refractivity contribution in [2.75, 3.05) is 76.2 Å². The van der Waals surface area contributed by atoms with Gasteiger partial charge in [0.1, 0.15) is 35.7 Å². The second-order valence-electron chi connectivity index (χ2n) is 9.88. The minimum atomic E-state index is -0.501. The average molecular weight is 578 g/mol. The number of nitrogens with zero attached hydrogens (tertiary/aromatic N) is 6. The molecule has 0 aliphatic carbocycles. The van der Waals surface area contributed by atoms with Gasteiger partial charge in [-0.2, -0.15) is 0 Å². The van der Waals surface area contributed by atoms with E-state index < -0.39 is 11.7 Å². The predicted molar refractivity (Wildman–Crippen MR) is 155 cm³/mol. The lowest BCUT2D eigenvalue weighted by Crippen LogP contribution is -2.34. The van der Waals surface area contributed by atoms with Crippen LogP contribution in [0.1, 0.15) is 0 Å². The number of benzene rings is 1. The number of anilines is 4. The summed E-state index contributed by atoms with van der Waals surface area (Å²) in [5.74, 6) is 2.01. The predicted octanol–water partition coefficient (Wildman–Crippen LogP) is 1.96. The standard InChI is InChI=1S/C27H31N9O6/c1-34(7-9-39-2)14-16-15-35(27(38)42-16)25-17-13-31-23(32-24-26(37)30-5-4-29-24)12-19(17)36(33-25)20-11-21-18(10-22(20)40-3)28-6-8-41-21/h4-5,10-13,16,28H,6-9,14-15H2,1-3H3,(H,30,37)(H,29,31,32)/t16-/m0/s1. The first kappa shape index (κ1) is 27.3. The number of likely N-dealkylation sites (N-methyl/N-ethyl adjacent to an activating group) is 1. The molecule has 0 saturated carbocycles. The highest BCUT2D eigenvalue weighted by Gasteiger charge is 2.36. The van der Waals surface area contributed by atoms with Gasteiger partial charge in [0, 0.05) is 63.5 Å². The van der Waals surface area contributed by atoms with Gasteiger partial charge in [0.05, 0.1) is 36.9 Å². The van der Waals surface area contributed by atoms with Crippen molar-refractivity contribution < 1.29 is 23.7 Å². The third-order valence-corrected chi connectivity index (χ3v) is 7.01. The lowest BCUT2D eigenvalue weighted by molar-refractivity contribution is 0.102. The number of aromatic nitrogens is 5. The normalized spacial score (nSPS) is 16.2. The lowest BCUT2D eigenvalue weighted by Gasteiger charge is -2.21. The van der Waals surface area contributed by atoms with Crippen LogP contribution in [0.25, 0.3) is 16.6 Å². The van der Waals surface area contributed by atoms with Crippen molar-refractivity contribution in [3.63, 3.8) is 0 Å². The second-order valence-corrected chi connectivity index (χ2v) is 9.88. The fourth-order valence-electron chi connectivity index (χ4n) is 4.97. The molecule has 0 unspecified atom stereocenters. The molecule has 42 heavy (non-hydrogen) atoms. The summed E-state index contributed by atoms with van der Waals surface area (Å²) >= 11 is 0. The van der Waals surface area contributed by atoms with E-state index in [0.29, 0.717) is 79.1 Å². The van der Waals surface area contributed by atoms with Gasteiger partial charge in [0.25, 0.3) is 5.56 Å². The van der Waals surface area contributed by atoms with Gasteiger partial charge in [0.15, 0.2) is 11.6 Å². The Balaban J connectivity index is 1.43. The van der Waals surface area contributed by atoms with Crippen LogP contribution in [0.3, 0.4) is 0 Å². The molecule has 0 spiro atoms. The molecular formula is C27H31N9O6. The van der Waals surface area contributed by atoms with E-state index in [-0.39, 0.29) is 11.9 Å². The molecule has 0 bridgehead atoms. The molecule has 1 saturated heterocycles. The zero-order valence-electron chi connectivity index (χ0n) is 23.4. The number of aromatic amines is 1. The van der Waals surface area contributed by atoms with Crippen molar-refractivity contribution in [3.8, 4) is 17.2 Å². The highest BCUT2D eigenvalue weighted by atomic mass is 16.6. The molecule has 4 aromatic rings. The Labute approximate surface area is 240 Å². The minimum absolute atomic E-state index is 0.0880.